The summed E-state index contributed by atoms with van der Waals surface area (Å²) in [5, 5.41) is 1.42. The number of hydrogen-bond acceptors (Lipinski definition) is 3. The zero-order valence-electron chi connectivity index (χ0n) is 7.99. The predicted octanol–water partition coefficient (Wildman–Crippen LogP) is 2.03. The Bertz CT molecular complexity index is 512. The summed E-state index contributed by atoms with van der Waals surface area (Å²) in [6, 6.07) is 1.87. The average Bonchev–Trinajstić information content (AvgIpc) is 2.63. The monoisotopic (exact) mass is 244 g/mol. The summed E-state index contributed by atoms with van der Waals surface area (Å²) in [5.74, 6) is 0. The molecule has 1 unspecified atom stereocenters. The van der Waals surface area contributed by atoms with Gasteiger partial charge in [-0.1, -0.05) is 11.6 Å². The summed E-state index contributed by atoms with van der Waals surface area (Å²) in [6.07, 6.45) is 4.81. The lowest BCUT2D eigenvalue weighted by atomic mass is 10.2. The van der Waals surface area contributed by atoms with Crippen LogP contribution < -0.4 is 0 Å². The Kier molecular flexibility index (Phi) is 3.04. The number of nitrogens with zero attached hydrogens (tertiary/aromatic N) is 1. The van der Waals surface area contributed by atoms with Crippen LogP contribution in [0, 0.1) is 0 Å². The molecule has 0 aliphatic heterocycles. The quantitative estimate of drug-likeness (QED) is 0.899. The summed E-state index contributed by atoms with van der Waals surface area (Å²) in [5.41, 5.74) is 1.55. The highest BCUT2D eigenvalue weighted by molar-refractivity contribution is 7.79. The SMILES string of the molecule is CS(=O)OCc1c(Cl)cnc2[nH]ccc12. The minimum Gasteiger partial charge on any atom is -0.346 e. The van der Waals surface area contributed by atoms with Gasteiger partial charge in [-0.15, -0.1) is 0 Å². The first-order valence-corrected chi connectivity index (χ1v) is 6.12. The van der Waals surface area contributed by atoms with Gasteiger partial charge >= 0.3 is 0 Å². The minimum absolute atomic E-state index is 0.221. The highest BCUT2D eigenvalue weighted by Gasteiger charge is 2.08. The highest BCUT2D eigenvalue weighted by Crippen LogP contribution is 2.24. The molecule has 0 saturated carbocycles. The molecular formula is C9H9ClN2O2S. The Morgan fingerprint density at radius 2 is 2.47 bits per heavy atom. The van der Waals surface area contributed by atoms with Gasteiger partial charge in [-0.25, -0.2) is 9.19 Å². The Labute approximate surface area is 94.3 Å². The van der Waals surface area contributed by atoms with Crippen molar-refractivity contribution in [3.63, 3.8) is 0 Å². The van der Waals surface area contributed by atoms with Crippen molar-refractivity contribution in [2.24, 2.45) is 0 Å². The van der Waals surface area contributed by atoms with E-state index < -0.39 is 11.1 Å². The fourth-order valence-electron chi connectivity index (χ4n) is 1.33. The second kappa shape index (κ2) is 4.30. The number of hydrogen-bond donors (Lipinski definition) is 1. The van der Waals surface area contributed by atoms with Crippen molar-refractivity contribution in [2.75, 3.05) is 6.26 Å². The molecule has 0 spiro atoms. The van der Waals surface area contributed by atoms with Crippen molar-refractivity contribution >= 4 is 33.7 Å². The highest BCUT2D eigenvalue weighted by atomic mass is 35.5. The molecule has 2 rings (SSSR count). The van der Waals surface area contributed by atoms with Crippen molar-refractivity contribution < 1.29 is 8.39 Å². The minimum atomic E-state index is -1.29. The molecule has 0 bridgehead atoms. The lowest BCUT2D eigenvalue weighted by molar-refractivity contribution is 0.341. The van der Waals surface area contributed by atoms with Crippen molar-refractivity contribution in [1.82, 2.24) is 9.97 Å². The zero-order chi connectivity index (χ0) is 10.8. The molecule has 2 aromatic heterocycles. The van der Waals surface area contributed by atoms with Gasteiger partial charge in [-0.2, -0.15) is 0 Å². The summed E-state index contributed by atoms with van der Waals surface area (Å²) in [7, 11) is 0. The third kappa shape index (κ3) is 2.19. The number of rotatable bonds is 3. The summed E-state index contributed by atoms with van der Waals surface area (Å²) >= 11 is 4.69. The van der Waals surface area contributed by atoms with Crippen LogP contribution in [0.25, 0.3) is 11.0 Å². The maximum atomic E-state index is 10.8. The maximum absolute atomic E-state index is 10.8. The molecule has 0 aliphatic carbocycles. The second-order valence-electron chi connectivity index (χ2n) is 2.99. The normalized spacial score (nSPS) is 13.2. The van der Waals surface area contributed by atoms with Crippen LogP contribution in [0.1, 0.15) is 5.56 Å². The van der Waals surface area contributed by atoms with E-state index in [1.165, 1.54) is 6.26 Å². The van der Waals surface area contributed by atoms with E-state index >= 15 is 0 Å². The number of halogens is 1. The summed E-state index contributed by atoms with van der Waals surface area (Å²) in [6.45, 7) is 0.221. The van der Waals surface area contributed by atoms with E-state index in [0.717, 1.165) is 16.6 Å². The molecule has 2 aromatic rings. The molecule has 0 fully saturated rings. The van der Waals surface area contributed by atoms with E-state index in [2.05, 4.69) is 9.97 Å². The largest absolute Gasteiger partial charge is 0.346 e. The van der Waals surface area contributed by atoms with Crippen LogP contribution in [-0.4, -0.2) is 20.4 Å². The first-order chi connectivity index (χ1) is 7.18. The number of nitrogens with one attached hydrogen (secondary N) is 1. The van der Waals surface area contributed by atoms with Gasteiger partial charge in [0.25, 0.3) is 0 Å². The van der Waals surface area contributed by atoms with Gasteiger partial charge in [-0.3, -0.25) is 4.18 Å². The molecule has 0 saturated heterocycles. The van der Waals surface area contributed by atoms with Crippen LogP contribution >= 0.6 is 11.6 Å². The van der Waals surface area contributed by atoms with Crippen molar-refractivity contribution in [2.45, 2.75) is 6.61 Å². The Morgan fingerprint density at radius 3 is 3.20 bits per heavy atom. The number of pyridine rings is 1. The van der Waals surface area contributed by atoms with Crippen LogP contribution in [-0.2, 0) is 21.9 Å². The molecule has 80 valence electrons. The molecule has 1 N–H and O–H groups in total. The van der Waals surface area contributed by atoms with Crippen LogP contribution in [0.3, 0.4) is 0 Å². The van der Waals surface area contributed by atoms with Crippen molar-refractivity contribution in [3.05, 3.63) is 29.0 Å². The van der Waals surface area contributed by atoms with Crippen molar-refractivity contribution in [1.29, 1.82) is 0 Å². The van der Waals surface area contributed by atoms with Gasteiger partial charge in [0.2, 0.25) is 0 Å². The molecule has 0 radical (unpaired) electrons. The summed E-state index contributed by atoms with van der Waals surface area (Å²) < 4.78 is 15.9. The molecule has 0 amide bonds. The molecule has 15 heavy (non-hydrogen) atoms. The predicted molar refractivity (Wildman–Crippen MR) is 60.0 cm³/mol. The van der Waals surface area contributed by atoms with Crippen LogP contribution in [0.2, 0.25) is 5.02 Å². The Hall–Kier alpha value is -0.910. The lowest BCUT2D eigenvalue weighted by Gasteiger charge is -2.04. The number of fused-ring (bicyclic) bond motifs is 1. The number of H-pyrrole nitrogens is 1. The molecule has 1 atom stereocenters. The van der Waals surface area contributed by atoms with E-state index in [4.69, 9.17) is 15.8 Å². The van der Waals surface area contributed by atoms with E-state index in [-0.39, 0.29) is 6.61 Å². The molecule has 0 aromatic carbocycles. The second-order valence-corrected chi connectivity index (χ2v) is 4.43. The van der Waals surface area contributed by atoms with Gasteiger partial charge in [0.05, 0.1) is 11.6 Å². The standard InChI is InChI=1S/C9H9ClN2O2S/c1-15(13)14-5-7-6-2-3-11-9(6)12-4-8(7)10/h2-4H,5H2,1H3,(H,11,12). The van der Waals surface area contributed by atoms with Crippen LogP contribution in [0.15, 0.2) is 18.5 Å². The molecule has 6 heteroatoms. The smallest absolute Gasteiger partial charge is 0.152 e. The third-order valence-electron chi connectivity index (χ3n) is 2.01. The van der Waals surface area contributed by atoms with Gasteiger partial charge in [0, 0.05) is 29.6 Å². The van der Waals surface area contributed by atoms with Gasteiger partial charge in [-0.05, 0) is 6.07 Å². The molecular weight excluding hydrogens is 236 g/mol. The summed E-state index contributed by atoms with van der Waals surface area (Å²) in [4.78, 5) is 7.08. The van der Waals surface area contributed by atoms with E-state index in [1.807, 2.05) is 6.07 Å². The fraction of sp³-hybridized carbons (Fsp3) is 0.222. The van der Waals surface area contributed by atoms with E-state index in [0.29, 0.717) is 5.02 Å². The topological polar surface area (TPSA) is 55.0 Å². The van der Waals surface area contributed by atoms with E-state index in [1.54, 1.807) is 12.4 Å². The van der Waals surface area contributed by atoms with Crippen LogP contribution in [0.4, 0.5) is 0 Å². The Balaban J connectivity index is 2.42. The first-order valence-electron chi connectivity index (χ1n) is 4.25. The Morgan fingerprint density at radius 1 is 1.67 bits per heavy atom. The van der Waals surface area contributed by atoms with Crippen LogP contribution in [0.5, 0.6) is 0 Å². The average molecular weight is 245 g/mol. The van der Waals surface area contributed by atoms with Gasteiger partial charge in [0.1, 0.15) is 5.65 Å². The molecule has 2 heterocycles. The zero-order valence-corrected chi connectivity index (χ0v) is 9.56. The van der Waals surface area contributed by atoms with E-state index in [9.17, 15) is 4.21 Å². The third-order valence-corrected chi connectivity index (χ3v) is 2.79. The first kappa shape index (κ1) is 10.6. The van der Waals surface area contributed by atoms with Crippen molar-refractivity contribution in [3.8, 4) is 0 Å². The number of aromatic nitrogens is 2. The van der Waals surface area contributed by atoms with Gasteiger partial charge < -0.3 is 4.98 Å². The maximum Gasteiger partial charge on any atom is 0.152 e. The molecule has 4 nitrogen and oxygen atoms in total. The lowest BCUT2D eigenvalue weighted by Crippen LogP contribution is -1.97. The fourth-order valence-corrected chi connectivity index (χ4v) is 1.82. The molecule has 0 aliphatic rings. The number of aromatic amines is 1. The van der Waals surface area contributed by atoms with Gasteiger partial charge in [0.15, 0.2) is 11.1 Å².